The number of ether oxygens (including phenoxy) is 1. The van der Waals surface area contributed by atoms with Crippen LogP contribution >= 0.6 is 0 Å². The average Bonchev–Trinajstić information content (AvgIpc) is 2.73. The third kappa shape index (κ3) is 4.88. The molecule has 0 radical (unpaired) electrons. The van der Waals surface area contributed by atoms with E-state index in [0.29, 0.717) is 18.2 Å². The van der Waals surface area contributed by atoms with E-state index in [1.54, 1.807) is 19.4 Å². The number of carbonyl (C=O) groups is 1. The molecule has 5 heteroatoms. The molecule has 0 spiro atoms. The highest BCUT2D eigenvalue weighted by atomic mass is 16.5. The van der Waals surface area contributed by atoms with Gasteiger partial charge in [0.1, 0.15) is 11.4 Å². The summed E-state index contributed by atoms with van der Waals surface area (Å²) in [4.78, 5) is 16.7. The zero-order valence-electron chi connectivity index (χ0n) is 16.4. The number of anilines is 2. The molecule has 2 N–H and O–H groups in total. The lowest BCUT2D eigenvalue weighted by atomic mass is 10.0. The second kappa shape index (κ2) is 9.04. The van der Waals surface area contributed by atoms with Crippen LogP contribution in [-0.4, -0.2) is 18.0 Å². The number of hydrogen-bond acceptors (Lipinski definition) is 4. The Morgan fingerprint density at radius 3 is 2.50 bits per heavy atom. The summed E-state index contributed by atoms with van der Waals surface area (Å²) in [6.45, 7) is 4.87. The second-order valence-electron chi connectivity index (χ2n) is 6.83. The van der Waals surface area contributed by atoms with E-state index in [1.165, 1.54) is 5.56 Å². The molecule has 0 saturated heterocycles. The van der Waals surface area contributed by atoms with Crippen LogP contribution in [0.1, 0.15) is 41.4 Å². The van der Waals surface area contributed by atoms with E-state index in [4.69, 9.17) is 4.74 Å². The number of pyridine rings is 1. The van der Waals surface area contributed by atoms with Gasteiger partial charge in [-0.05, 0) is 41.8 Å². The van der Waals surface area contributed by atoms with Gasteiger partial charge in [-0.1, -0.05) is 44.2 Å². The predicted octanol–water partition coefficient (Wildman–Crippen LogP) is 5.08. The summed E-state index contributed by atoms with van der Waals surface area (Å²) >= 11 is 0. The van der Waals surface area contributed by atoms with Crippen LogP contribution in [0.3, 0.4) is 0 Å². The van der Waals surface area contributed by atoms with E-state index in [2.05, 4.69) is 29.5 Å². The van der Waals surface area contributed by atoms with Crippen LogP contribution in [0.2, 0.25) is 0 Å². The molecule has 2 aromatic carbocycles. The van der Waals surface area contributed by atoms with Crippen LogP contribution in [0.5, 0.6) is 5.75 Å². The molecule has 3 aromatic rings. The van der Waals surface area contributed by atoms with Gasteiger partial charge >= 0.3 is 0 Å². The van der Waals surface area contributed by atoms with Crippen molar-refractivity contribution >= 4 is 17.3 Å². The van der Waals surface area contributed by atoms with Gasteiger partial charge < -0.3 is 15.4 Å². The van der Waals surface area contributed by atoms with Crippen LogP contribution < -0.4 is 15.4 Å². The molecule has 0 saturated carbocycles. The maximum atomic E-state index is 12.5. The second-order valence-corrected chi connectivity index (χ2v) is 6.83. The first-order valence-corrected chi connectivity index (χ1v) is 9.30. The van der Waals surface area contributed by atoms with Gasteiger partial charge in [0.2, 0.25) is 0 Å². The number of rotatable bonds is 7. The van der Waals surface area contributed by atoms with Crippen LogP contribution in [0.25, 0.3) is 0 Å². The molecule has 5 nitrogen and oxygen atoms in total. The van der Waals surface area contributed by atoms with Crippen molar-refractivity contribution in [1.29, 1.82) is 0 Å². The topological polar surface area (TPSA) is 63.2 Å². The zero-order chi connectivity index (χ0) is 19.9. The molecular weight excluding hydrogens is 350 g/mol. The lowest BCUT2D eigenvalue weighted by Crippen LogP contribution is -2.14. The number of benzene rings is 2. The number of aromatic nitrogens is 1. The summed E-state index contributed by atoms with van der Waals surface area (Å²) < 4.78 is 5.37. The molecule has 1 amide bonds. The minimum absolute atomic E-state index is 0.238. The average molecular weight is 375 g/mol. The monoisotopic (exact) mass is 375 g/mol. The smallest absolute Gasteiger partial charge is 0.274 e. The Morgan fingerprint density at radius 1 is 1.04 bits per heavy atom. The van der Waals surface area contributed by atoms with Gasteiger partial charge in [0, 0.05) is 29.7 Å². The van der Waals surface area contributed by atoms with Crippen molar-refractivity contribution in [3.05, 3.63) is 83.7 Å². The van der Waals surface area contributed by atoms with E-state index in [-0.39, 0.29) is 5.91 Å². The highest BCUT2D eigenvalue weighted by molar-refractivity contribution is 6.03. The molecule has 0 aliphatic carbocycles. The molecule has 28 heavy (non-hydrogen) atoms. The van der Waals surface area contributed by atoms with Crippen LogP contribution in [-0.2, 0) is 6.54 Å². The fraction of sp³-hybridized carbons (Fsp3) is 0.217. The molecule has 1 aromatic heterocycles. The highest BCUT2D eigenvalue weighted by Crippen LogP contribution is 2.20. The van der Waals surface area contributed by atoms with E-state index >= 15 is 0 Å². The predicted molar refractivity (Wildman–Crippen MR) is 113 cm³/mol. The Labute approximate surface area is 165 Å². The first-order chi connectivity index (χ1) is 13.6. The summed E-state index contributed by atoms with van der Waals surface area (Å²) in [6.07, 6.45) is 1.63. The third-order valence-corrected chi connectivity index (χ3v) is 4.50. The summed E-state index contributed by atoms with van der Waals surface area (Å²) in [5, 5.41) is 6.21. The van der Waals surface area contributed by atoms with Crippen molar-refractivity contribution in [1.82, 2.24) is 4.98 Å². The number of amides is 1. The number of carbonyl (C=O) groups excluding carboxylic acids is 1. The number of para-hydroxylation sites is 1. The SMILES string of the molecule is COc1ccccc1CNc1ccnc(C(=O)Nc2ccc(C(C)C)cc2)c1. The van der Waals surface area contributed by atoms with Crippen molar-refractivity contribution in [2.75, 3.05) is 17.7 Å². The quantitative estimate of drug-likeness (QED) is 0.605. The first-order valence-electron chi connectivity index (χ1n) is 9.30. The number of methoxy groups -OCH3 is 1. The van der Waals surface area contributed by atoms with Gasteiger partial charge in [-0.15, -0.1) is 0 Å². The van der Waals surface area contributed by atoms with Crippen molar-refractivity contribution in [2.24, 2.45) is 0 Å². The molecule has 0 fully saturated rings. The lowest BCUT2D eigenvalue weighted by molar-refractivity contribution is 0.102. The molecule has 1 heterocycles. The normalized spacial score (nSPS) is 10.6. The van der Waals surface area contributed by atoms with Gasteiger partial charge in [-0.25, -0.2) is 0 Å². The third-order valence-electron chi connectivity index (χ3n) is 4.50. The Bertz CT molecular complexity index is 937. The van der Waals surface area contributed by atoms with E-state index in [9.17, 15) is 4.79 Å². The minimum Gasteiger partial charge on any atom is -0.496 e. The molecule has 144 valence electrons. The van der Waals surface area contributed by atoms with Crippen molar-refractivity contribution in [3.8, 4) is 5.75 Å². The van der Waals surface area contributed by atoms with Gasteiger partial charge in [0.15, 0.2) is 0 Å². The number of nitrogens with one attached hydrogen (secondary N) is 2. The molecule has 0 atom stereocenters. The Balaban J connectivity index is 1.66. The zero-order valence-corrected chi connectivity index (χ0v) is 16.4. The first kappa shape index (κ1) is 19.4. The Hall–Kier alpha value is -3.34. The maximum Gasteiger partial charge on any atom is 0.274 e. The van der Waals surface area contributed by atoms with E-state index in [0.717, 1.165) is 22.7 Å². The molecule has 3 rings (SSSR count). The van der Waals surface area contributed by atoms with Crippen LogP contribution in [0.4, 0.5) is 11.4 Å². The summed E-state index contributed by atoms with van der Waals surface area (Å²) in [6, 6.07) is 19.3. The van der Waals surface area contributed by atoms with Crippen LogP contribution in [0, 0.1) is 0 Å². The van der Waals surface area contributed by atoms with Gasteiger partial charge in [-0.2, -0.15) is 0 Å². The fourth-order valence-corrected chi connectivity index (χ4v) is 2.86. The number of nitrogens with zero attached hydrogens (tertiary/aromatic N) is 1. The largest absolute Gasteiger partial charge is 0.496 e. The lowest BCUT2D eigenvalue weighted by Gasteiger charge is -2.11. The van der Waals surface area contributed by atoms with Crippen molar-refractivity contribution in [2.45, 2.75) is 26.3 Å². The van der Waals surface area contributed by atoms with Gasteiger partial charge in [0.05, 0.1) is 7.11 Å². The van der Waals surface area contributed by atoms with Crippen molar-refractivity contribution in [3.63, 3.8) is 0 Å². The highest BCUT2D eigenvalue weighted by Gasteiger charge is 2.09. The van der Waals surface area contributed by atoms with Crippen LogP contribution in [0.15, 0.2) is 66.9 Å². The molecule has 0 bridgehead atoms. The molecule has 0 unspecified atom stereocenters. The van der Waals surface area contributed by atoms with E-state index in [1.807, 2.05) is 54.6 Å². The molecular formula is C23H25N3O2. The fourth-order valence-electron chi connectivity index (χ4n) is 2.86. The summed E-state index contributed by atoms with van der Waals surface area (Å²) in [5.41, 5.74) is 4.21. The molecule has 0 aliphatic heterocycles. The molecule has 0 aliphatic rings. The standard InChI is InChI=1S/C23H25N3O2/c1-16(2)17-8-10-19(11-9-17)26-23(27)21-14-20(12-13-24-21)25-15-18-6-4-5-7-22(18)28-3/h4-14,16H,15H2,1-3H3,(H,24,25)(H,26,27). The summed E-state index contributed by atoms with van der Waals surface area (Å²) in [5.74, 6) is 1.04. The minimum atomic E-state index is -0.238. The Morgan fingerprint density at radius 2 is 1.79 bits per heavy atom. The Kier molecular flexibility index (Phi) is 6.27. The maximum absolute atomic E-state index is 12.5. The van der Waals surface area contributed by atoms with Gasteiger partial charge in [-0.3, -0.25) is 9.78 Å². The van der Waals surface area contributed by atoms with E-state index < -0.39 is 0 Å². The van der Waals surface area contributed by atoms with Crippen molar-refractivity contribution < 1.29 is 9.53 Å². The summed E-state index contributed by atoms with van der Waals surface area (Å²) in [7, 11) is 1.65. The van der Waals surface area contributed by atoms with Gasteiger partial charge in [0.25, 0.3) is 5.91 Å². The number of hydrogen-bond donors (Lipinski definition) is 2.